The molecule has 3 aromatic rings. The molecule has 1 heterocycles. The van der Waals surface area contributed by atoms with Crippen LogP contribution in [0.1, 0.15) is 35.7 Å². The number of hydrogen-bond acceptors (Lipinski definition) is 4. The molecule has 1 N–H and O–H groups in total. The van der Waals surface area contributed by atoms with E-state index in [1.807, 2.05) is 36.4 Å². The molecule has 5 nitrogen and oxygen atoms in total. The molecule has 0 spiro atoms. The molecule has 1 aromatic heterocycles. The smallest absolute Gasteiger partial charge is 0.258 e. The van der Waals surface area contributed by atoms with Gasteiger partial charge in [-0.15, -0.1) is 0 Å². The molecule has 0 saturated carbocycles. The predicted molar refractivity (Wildman–Crippen MR) is 95.9 cm³/mol. The fourth-order valence-electron chi connectivity index (χ4n) is 2.31. The summed E-state index contributed by atoms with van der Waals surface area (Å²) in [5.74, 6) is 0.468. The molecule has 0 fully saturated rings. The van der Waals surface area contributed by atoms with Crippen molar-refractivity contribution >= 4 is 27.7 Å². The molecule has 0 atom stereocenters. The maximum atomic E-state index is 12.4. The molecular weight excluding hydrogens is 370 g/mol. The molecule has 0 saturated heterocycles. The van der Waals surface area contributed by atoms with Gasteiger partial charge in [0.25, 0.3) is 5.91 Å². The predicted octanol–water partition coefficient (Wildman–Crippen LogP) is 4.87. The summed E-state index contributed by atoms with van der Waals surface area (Å²) in [6.45, 7) is 4.27. The number of nitrogens with zero attached hydrogens (tertiary/aromatic N) is 2. The first-order valence-electron chi connectivity index (χ1n) is 7.55. The quantitative estimate of drug-likeness (QED) is 0.694. The number of carbonyl (C=O) groups excluding carboxylic acids is 1. The zero-order valence-electron chi connectivity index (χ0n) is 13.3. The minimum Gasteiger partial charge on any atom is -0.302 e. The summed E-state index contributed by atoms with van der Waals surface area (Å²) in [7, 11) is 0. The van der Waals surface area contributed by atoms with Crippen LogP contribution in [0.3, 0.4) is 0 Å². The largest absolute Gasteiger partial charge is 0.302 e. The Hall–Kier alpha value is -2.47. The average Bonchev–Trinajstić information content (AvgIpc) is 3.03. The highest BCUT2D eigenvalue weighted by Crippen LogP contribution is 2.27. The summed E-state index contributed by atoms with van der Waals surface area (Å²) in [5, 5.41) is 10.5. The van der Waals surface area contributed by atoms with Crippen molar-refractivity contribution in [2.45, 2.75) is 19.8 Å². The Morgan fingerprint density at radius 2 is 1.79 bits per heavy atom. The summed E-state index contributed by atoms with van der Waals surface area (Å²) < 4.78 is 5.53. The zero-order chi connectivity index (χ0) is 17.1. The van der Waals surface area contributed by atoms with Gasteiger partial charge in [-0.3, -0.25) is 4.79 Å². The van der Waals surface area contributed by atoms with Crippen LogP contribution in [0.15, 0.2) is 57.6 Å². The highest BCUT2D eigenvalue weighted by Gasteiger charge is 2.17. The summed E-state index contributed by atoms with van der Waals surface area (Å²) >= 11 is 3.37. The Morgan fingerprint density at radius 3 is 2.46 bits per heavy atom. The monoisotopic (exact) mass is 385 g/mol. The van der Waals surface area contributed by atoms with Gasteiger partial charge in [-0.2, -0.15) is 0 Å². The van der Waals surface area contributed by atoms with Gasteiger partial charge in [-0.1, -0.05) is 50.2 Å². The van der Waals surface area contributed by atoms with E-state index in [-0.39, 0.29) is 5.91 Å². The first-order valence-corrected chi connectivity index (χ1v) is 8.34. The molecule has 0 radical (unpaired) electrons. The van der Waals surface area contributed by atoms with Crippen molar-refractivity contribution in [3.05, 3.63) is 64.1 Å². The molecule has 0 aliphatic carbocycles. The van der Waals surface area contributed by atoms with Crippen LogP contribution in [0, 0.1) is 0 Å². The summed E-state index contributed by atoms with van der Waals surface area (Å²) in [6, 6.07) is 15.1. The first kappa shape index (κ1) is 16.4. The molecule has 122 valence electrons. The van der Waals surface area contributed by atoms with Gasteiger partial charge in [0, 0.05) is 10.0 Å². The van der Waals surface area contributed by atoms with Crippen LogP contribution in [0.25, 0.3) is 11.3 Å². The molecule has 3 rings (SSSR count). The summed E-state index contributed by atoms with van der Waals surface area (Å²) in [5.41, 5.74) is 3.09. The van der Waals surface area contributed by atoms with Crippen LogP contribution in [0.5, 0.6) is 0 Å². The van der Waals surface area contributed by atoms with E-state index in [0.29, 0.717) is 27.5 Å². The highest BCUT2D eigenvalue weighted by atomic mass is 79.9. The Bertz CT molecular complexity index is 857. The molecule has 0 unspecified atom stereocenters. The van der Waals surface area contributed by atoms with E-state index >= 15 is 0 Å². The molecule has 24 heavy (non-hydrogen) atoms. The third kappa shape index (κ3) is 3.38. The molecule has 2 aromatic carbocycles. The standard InChI is InChI=1S/C18H16BrN3O2/c1-11(2)12-7-9-13(10-8-12)16-17(22-24-21-16)20-18(23)14-5-3-4-6-15(14)19/h3-11H,1-2H3,(H,20,22,23). The lowest BCUT2D eigenvalue weighted by molar-refractivity contribution is 0.102. The van der Waals surface area contributed by atoms with E-state index < -0.39 is 0 Å². The highest BCUT2D eigenvalue weighted by molar-refractivity contribution is 9.10. The second kappa shape index (κ2) is 6.97. The van der Waals surface area contributed by atoms with Crippen molar-refractivity contribution < 1.29 is 9.42 Å². The van der Waals surface area contributed by atoms with Crippen LogP contribution in [-0.2, 0) is 0 Å². The van der Waals surface area contributed by atoms with E-state index in [4.69, 9.17) is 4.63 Å². The second-order valence-electron chi connectivity index (χ2n) is 5.67. The zero-order valence-corrected chi connectivity index (χ0v) is 14.9. The van der Waals surface area contributed by atoms with Gasteiger partial charge in [0.05, 0.1) is 5.56 Å². The van der Waals surface area contributed by atoms with E-state index in [9.17, 15) is 4.79 Å². The van der Waals surface area contributed by atoms with Gasteiger partial charge in [0.1, 0.15) is 0 Å². The van der Waals surface area contributed by atoms with Crippen molar-refractivity contribution in [1.82, 2.24) is 10.3 Å². The number of rotatable bonds is 4. The SMILES string of the molecule is CC(C)c1ccc(-c2nonc2NC(=O)c2ccccc2Br)cc1. The third-order valence-corrected chi connectivity index (χ3v) is 4.38. The Kier molecular flexibility index (Phi) is 4.76. The maximum Gasteiger partial charge on any atom is 0.258 e. The molecule has 6 heteroatoms. The van der Waals surface area contributed by atoms with Crippen LogP contribution < -0.4 is 5.32 Å². The number of carbonyl (C=O) groups is 1. The van der Waals surface area contributed by atoms with Gasteiger partial charge in [0.2, 0.25) is 5.82 Å². The van der Waals surface area contributed by atoms with Gasteiger partial charge in [0.15, 0.2) is 5.69 Å². The normalized spacial score (nSPS) is 10.8. The van der Waals surface area contributed by atoms with Gasteiger partial charge < -0.3 is 5.32 Å². The summed E-state index contributed by atoms with van der Waals surface area (Å²) in [4.78, 5) is 12.4. The lowest BCUT2D eigenvalue weighted by atomic mass is 10.0. The third-order valence-electron chi connectivity index (χ3n) is 3.69. The molecule has 0 aliphatic heterocycles. The number of hydrogen-bond donors (Lipinski definition) is 1. The number of anilines is 1. The van der Waals surface area contributed by atoms with Crippen molar-refractivity contribution in [2.75, 3.05) is 5.32 Å². The van der Waals surface area contributed by atoms with Gasteiger partial charge in [-0.05, 0) is 49.9 Å². The van der Waals surface area contributed by atoms with Crippen LogP contribution in [-0.4, -0.2) is 16.2 Å². The molecular formula is C18H16BrN3O2. The number of amides is 1. The number of benzene rings is 2. The van der Waals surface area contributed by atoms with Crippen LogP contribution in [0.4, 0.5) is 5.82 Å². The Morgan fingerprint density at radius 1 is 1.08 bits per heavy atom. The van der Waals surface area contributed by atoms with E-state index in [1.54, 1.807) is 12.1 Å². The topological polar surface area (TPSA) is 68.0 Å². The number of aromatic nitrogens is 2. The number of nitrogens with one attached hydrogen (secondary N) is 1. The Labute approximate surface area is 148 Å². The van der Waals surface area contributed by atoms with Crippen LogP contribution >= 0.6 is 15.9 Å². The lowest BCUT2D eigenvalue weighted by Crippen LogP contribution is -2.13. The molecule has 0 aliphatic rings. The number of halogens is 1. The average molecular weight is 386 g/mol. The fraction of sp³-hybridized carbons (Fsp3) is 0.167. The minimum atomic E-state index is -0.279. The van der Waals surface area contributed by atoms with Crippen molar-refractivity contribution in [3.8, 4) is 11.3 Å². The van der Waals surface area contributed by atoms with Crippen molar-refractivity contribution in [1.29, 1.82) is 0 Å². The van der Waals surface area contributed by atoms with Crippen LogP contribution in [0.2, 0.25) is 0 Å². The van der Waals surface area contributed by atoms with E-state index in [1.165, 1.54) is 5.56 Å². The van der Waals surface area contributed by atoms with Gasteiger partial charge in [-0.25, -0.2) is 4.63 Å². The maximum absolute atomic E-state index is 12.4. The van der Waals surface area contributed by atoms with Crippen molar-refractivity contribution in [3.63, 3.8) is 0 Å². The summed E-state index contributed by atoms with van der Waals surface area (Å²) in [6.07, 6.45) is 0. The van der Waals surface area contributed by atoms with Crippen molar-refractivity contribution in [2.24, 2.45) is 0 Å². The van der Waals surface area contributed by atoms with E-state index in [2.05, 4.69) is 45.4 Å². The van der Waals surface area contributed by atoms with E-state index in [0.717, 1.165) is 5.56 Å². The first-order chi connectivity index (χ1) is 11.6. The fourth-order valence-corrected chi connectivity index (χ4v) is 2.77. The van der Waals surface area contributed by atoms with Gasteiger partial charge >= 0.3 is 0 Å². The second-order valence-corrected chi connectivity index (χ2v) is 6.53. The molecule has 0 bridgehead atoms. The minimum absolute atomic E-state index is 0.279. The molecule has 1 amide bonds. The Balaban J connectivity index is 1.85. The lowest BCUT2D eigenvalue weighted by Gasteiger charge is -2.07.